The monoisotopic (exact) mass is 320 g/mol. The van der Waals surface area contributed by atoms with Crippen molar-refractivity contribution in [3.8, 4) is 5.75 Å². The van der Waals surface area contributed by atoms with Gasteiger partial charge in [-0.1, -0.05) is 23.2 Å². The van der Waals surface area contributed by atoms with Gasteiger partial charge in [-0.05, 0) is 12.5 Å². The zero-order valence-electron chi connectivity index (χ0n) is 10.7. The summed E-state index contributed by atoms with van der Waals surface area (Å²) in [6, 6.07) is 1.27. The minimum Gasteiger partial charge on any atom is -0.504 e. The van der Waals surface area contributed by atoms with E-state index >= 15 is 0 Å². The maximum Gasteiger partial charge on any atom is 0.303 e. The number of hydrogen-bond acceptors (Lipinski definition) is 4. The molecule has 0 aliphatic carbocycles. The summed E-state index contributed by atoms with van der Waals surface area (Å²) in [5.41, 5.74) is 0.185. The van der Waals surface area contributed by atoms with Crippen molar-refractivity contribution < 1.29 is 19.8 Å². The summed E-state index contributed by atoms with van der Waals surface area (Å²) in [5.74, 6) is -1.72. The molecule has 0 saturated carbocycles. The Balaban J connectivity index is 2.87. The van der Waals surface area contributed by atoms with Crippen LogP contribution in [0.25, 0.3) is 0 Å². The van der Waals surface area contributed by atoms with Crippen LogP contribution in [0.1, 0.15) is 23.2 Å². The third kappa shape index (κ3) is 3.91. The minimum absolute atomic E-state index is 0.0294. The fourth-order valence-corrected chi connectivity index (χ4v) is 2.15. The predicted molar refractivity (Wildman–Crippen MR) is 76.9 cm³/mol. The summed E-state index contributed by atoms with van der Waals surface area (Å²) in [6.45, 7) is 0.188. The first-order chi connectivity index (χ1) is 9.38. The molecule has 0 heterocycles. The summed E-state index contributed by atoms with van der Waals surface area (Å²) < 4.78 is 0. The SMILES string of the molecule is CNc1c(O)c(Cl)cc(Cl)c1C(=O)NCCCC(=O)O. The molecule has 0 aliphatic rings. The molecule has 0 radical (unpaired) electrons. The van der Waals surface area contributed by atoms with E-state index in [1.54, 1.807) is 0 Å². The van der Waals surface area contributed by atoms with Crippen LogP contribution in [-0.2, 0) is 4.79 Å². The molecular formula is C12H14Cl2N2O4. The topological polar surface area (TPSA) is 98.7 Å². The van der Waals surface area contributed by atoms with Crippen molar-refractivity contribution in [2.24, 2.45) is 0 Å². The van der Waals surface area contributed by atoms with E-state index < -0.39 is 11.9 Å². The van der Waals surface area contributed by atoms with Crippen molar-refractivity contribution in [2.75, 3.05) is 18.9 Å². The normalized spacial score (nSPS) is 10.2. The summed E-state index contributed by atoms with van der Waals surface area (Å²) in [7, 11) is 1.52. The van der Waals surface area contributed by atoms with Gasteiger partial charge < -0.3 is 20.8 Å². The molecule has 1 aromatic carbocycles. The molecule has 0 fully saturated rings. The van der Waals surface area contributed by atoms with Crippen LogP contribution in [0, 0.1) is 0 Å². The first kappa shape index (κ1) is 16.4. The number of amides is 1. The number of phenolic OH excluding ortho intramolecular Hbond substituents is 1. The summed E-state index contributed by atoms with van der Waals surface area (Å²) in [5, 5.41) is 23.6. The maximum atomic E-state index is 12.0. The van der Waals surface area contributed by atoms with Gasteiger partial charge in [-0.25, -0.2) is 0 Å². The maximum absolute atomic E-state index is 12.0. The molecular weight excluding hydrogens is 307 g/mol. The van der Waals surface area contributed by atoms with Gasteiger partial charge in [0.25, 0.3) is 5.91 Å². The highest BCUT2D eigenvalue weighted by Crippen LogP contribution is 2.39. The fraction of sp³-hybridized carbons (Fsp3) is 0.333. The lowest BCUT2D eigenvalue weighted by atomic mass is 10.1. The number of carbonyl (C=O) groups is 2. The van der Waals surface area contributed by atoms with Gasteiger partial charge in [-0.3, -0.25) is 9.59 Å². The van der Waals surface area contributed by atoms with Gasteiger partial charge in [0.05, 0.1) is 21.3 Å². The van der Waals surface area contributed by atoms with Gasteiger partial charge in [0.1, 0.15) is 0 Å². The van der Waals surface area contributed by atoms with Crippen LogP contribution in [0.4, 0.5) is 5.69 Å². The average molecular weight is 321 g/mol. The van der Waals surface area contributed by atoms with E-state index in [0.29, 0.717) is 6.42 Å². The molecule has 8 heteroatoms. The van der Waals surface area contributed by atoms with Crippen molar-refractivity contribution in [1.29, 1.82) is 0 Å². The number of hydrogen-bond donors (Lipinski definition) is 4. The molecule has 0 atom stereocenters. The third-order valence-corrected chi connectivity index (χ3v) is 3.12. The van der Waals surface area contributed by atoms with Crippen LogP contribution in [0.3, 0.4) is 0 Å². The highest BCUT2D eigenvalue weighted by atomic mass is 35.5. The van der Waals surface area contributed by atoms with Crippen molar-refractivity contribution in [3.63, 3.8) is 0 Å². The Morgan fingerprint density at radius 3 is 2.50 bits per heavy atom. The number of anilines is 1. The Bertz CT molecular complexity index is 535. The van der Waals surface area contributed by atoms with E-state index in [1.165, 1.54) is 13.1 Å². The number of carbonyl (C=O) groups excluding carboxylic acids is 1. The number of aliphatic carboxylic acids is 1. The second-order valence-electron chi connectivity index (χ2n) is 3.94. The van der Waals surface area contributed by atoms with Crippen LogP contribution < -0.4 is 10.6 Å². The molecule has 0 spiro atoms. The molecule has 0 saturated heterocycles. The van der Waals surface area contributed by atoms with E-state index in [-0.39, 0.29) is 40.0 Å². The molecule has 0 unspecified atom stereocenters. The molecule has 6 nitrogen and oxygen atoms in total. The Morgan fingerprint density at radius 1 is 1.30 bits per heavy atom. The number of rotatable bonds is 6. The lowest BCUT2D eigenvalue weighted by molar-refractivity contribution is -0.137. The molecule has 0 bridgehead atoms. The Kier molecular flexibility index (Phi) is 5.91. The highest BCUT2D eigenvalue weighted by Gasteiger charge is 2.20. The molecule has 4 N–H and O–H groups in total. The molecule has 0 aromatic heterocycles. The number of carboxylic acid groups (broad SMARTS) is 1. The van der Waals surface area contributed by atoms with E-state index in [9.17, 15) is 14.7 Å². The lowest BCUT2D eigenvalue weighted by Gasteiger charge is -2.14. The lowest BCUT2D eigenvalue weighted by Crippen LogP contribution is -2.26. The van der Waals surface area contributed by atoms with Gasteiger partial charge in [0.2, 0.25) is 0 Å². The Hall–Kier alpha value is -1.66. The zero-order chi connectivity index (χ0) is 15.3. The molecule has 1 amide bonds. The van der Waals surface area contributed by atoms with Crippen LogP contribution in [0.15, 0.2) is 6.07 Å². The van der Waals surface area contributed by atoms with Gasteiger partial charge in [-0.2, -0.15) is 0 Å². The predicted octanol–water partition coefficient (Wildman–Crippen LogP) is 2.34. The van der Waals surface area contributed by atoms with Crippen LogP contribution in [0.5, 0.6) is 5.75 Å². The third-order valence-electron chi connectivity index (χ3n) is 2.54. The first-order valence-electron chi connectivity index (χ1n) is 5.77. The van der Waals surface area contributed by atoms with Crippen molar-refractivity contribution in [3.05, 3.63) is 21.7 Å². The van der Waals surface area contributed by atoms with E-state index in [2.05, 4.69) is 10.6 Å². The van der Waals surface area contributed by atoms with Crippen molar-refractivity contribution >= 4 is 40.8 Å². The summed E-state index contributed by atoms with van der Waals surface area (Å²) in [4.78, 5) is 22.4. The van der Waals surface area contributed by atoms with E-state index in [1.807, 2.05) is 0 Å². The summed E-state index contributed by atoms with van der Waals surface area (Å²) >= 11 is 11.7. The zero-order valence-corrected chi connectivity index (χ0v) is 12.2. The fourth-order valence-electron chi connectivity index (χ4n) is 1.60. The summed E-state index contributed by atoms with van der Waals surface area (Å²) in [6.07, 6.45) is 0.256. The molecule has 1 rings (SSSR count). The molecule has 0 aliphatic heterocycles. The van der Waals surface area contributed by atoms with Crippen molar-refractivity contribution in [1.82, 2.24) is 5.32 Å². The van der Waals surface area contributed by atoms with Crippen LogP contribution in [0.2, 0.25) is 10.0 Å². The number of nitrogens with one attached hydrogen (secondary N) is 2. The number of aromatic hydroxyl groups is 1. The van der Waals surface area contributed by atoms with Gasteiger partial charge in [-0.15, -0.1) is 0 Å². The number of phenols is 1. The van der Waals surface area contributed by atoms with Gasteiger partial charge in [0.15, 0.2) is 5.75 Å². The molecule has 1 aromatic rings. The van der Waals surface area contributed by atoms with Crippen molar-refractivity contribution in [2.45, 2.75) is 12.8 Å². The van der Waals surface area contributed by atoms with E-state index in [4.69, 9.17) is 28.3 Å². The second-order valence-corrected chi connectivity index (χ2v) is 4.76. The quantitative estimate of drug-likeness (QED) is 0.476. The van der Waals surface area contributed by atoms with Gasteiger partial charge in [0, 0.05) is 20.0 Å². The Morgan fingerprint density at radius 2 is 1.95 bits per heavy atom. The van der Waals surface area contributed by atoms with Gasteiger partial charge >= 0.3 is 5.97 Å². The first-order valence-corrected chi connectivity index (χ1v) is 6.52. The largest absolute Gasteiger partial charge is 0.504 e. The minimum atomic E-state index is -0.933. The molecule has 20 heavy (non-hydrogen) atoms. The van der Waals surface area contributed by atoms with Crippen LogP contribution >= 0.6 is 23.2 Å². The number of benzene rings is 1. The standard InChI is InChI=1S/C12H14Cl2N2O4/c1-15-10-9(6(13)5-7(14)11(10)19)12(20)16-4-2-3-8(17)18/h5,15,19H,2-4H2,1H3,(H,16,20)(H,17,18). The number of halogens is 2. The highest BCUT2D eigenvalue weighted by molar-refractivity contribution is 6.38. The second kappa shape index (κ2) is 7.21. The van der Waals surface area contributed by atoms with E-state index in [0.717, 1.165) is 0 Å². The van der Waals surface area contributed by atoms with Crippen LogP contribution in [-0.4, -0.2) is 35.7 Å². The average Bonchev–Trinajstić information content (AvgIpc) is 2.38. The molecule has 110 valence electrons. The smallest absolute Gasteiger partial charge is 0.303 e. The number of carboxylic acids is 1. The Labute approximate surface area is 125 Å².